The van der Waals surface area contributed by atoms with E-state index in [0.29, 0.717) is 0 Å². The minimum absolute atomic E-state index is 0.0794. The summed E-state index contributed by atoms with van der Waals surface area (Å²) in [5.74, 6) is -1.61. The van der Waals surface area contributed by atoms with Gasteiger partial charge in [0.25, 0.3) is 6.47 Å². The molecule has 0 atom stereocenters. The smallest absolute Gasteiger partial charge is 0.321 e. The number of carbonyl (C=O) groups is 2. The molecule has 20 heavy (non-hydrogen) atoms. The minimum atomic E-state index is -3.71. The van der Waals surface area contributed by atoms with Crippen LogP contribution >= 0.6 is 0 Å². The first-order valence-electron chi connectivity index (χ1n) is 6.02. The van der Waals surface area contributed by atoms with E-state index < -0.39 is 21.6 Å². The van der Waals surface area contributed by atoms with Crippen LogP contribution < -0.4 is 0 Å². The first-order chi connectivity index (χ1) is 9.49. The predicted octanol–water partition coefficient (Wildman–Crippen LogP) is 0.739. The van der Waals surface area contributed by atoms with E-state index in [0.717, 1.165) is 12.0 Å². The molecule has 6 nitrogen and oxygen atoms in total. The Kier molecular flexibility index (Phi) is 6.17. The van der Waals surface area contributed by atoms with Crippen LogP contribution in [0.2, 0.25) is 0 Å². The first-order valence-corrected chi connectivity index (χ1v) is 7.67. The summed E-state index contributed by atoms with van der Waals surface area (Å²) in [6.45, 7) is 1.92. The fraction of sp³-hybridized carbons (Fsp3) is 0.385. The maximum atomic E-state index is 11.9. The fourth-order valence-corrected chi connectivity index (χ4v) is 2.58. The summed E-state index contributed by atoms with van der Waals surface area (Å²) in [5, 5.41) is 0. The highest BCUT2D eigenvalue weighted by Crippen LogP contribution is 2.13. The Morgan fingerprint density at radius 2 is 1.85 bits per heavy atom. The quantitative estimate of drug-likeness (QED) is 0.400. The Morgan fingerprint density at radius 3 is 2.40 bits per heavy atom. The average molecular weight is 300 g/mol. The topological polar surface area (TPSA) is 86.7 Å². The van der Waals surface area contributed by atoms with Gasteiger partial charge >= 0.3 is 5.97 Å². The molecule has 0 heterocycles. The number of esters is 1. The zero-order valence-corrected chi connectivity index (χ0v) is 11.9. The van der Waals surface area contributed by atoms with Crippen molar-refractivity contribution in [3.05, 3.63) is 29.8 Å². The van der Waals surface area contributed by atoms with Crippen molar-refractivity contribution in [3.63, 3.8) is 0 Å². The summed E-state index contributed by atoms with van der Waals surface area (Å²) >= 11 is 0. The molecular formula is C13H16O6S. The number of aryl methyl sites for hydroxylation is 1. The van der Waals surface area contributed by atoms with Gasteiger partial charge in [0, 0.05) is 0 Å². The summed E-state index contributed by atoms with van der Waals surface area (Å²) in [6, 6.07) is 6.35. The Labute approximate surface area is 117 Å². The second-order valence-corrected chi connectivity index (χ2v) is 5.93. The number of hydrogen-bond donors (Lipinski definition) is 0. The molecule has 0 aliphatic carbocycles. The second kappa shape index (κ2) is 7.64. The number of ether oxygens (including phenoxy) is 2. The highest BCUT2D eigenvalue weighted by atomic mass is 32.2. The second-order valence-electron chi connectivity index (χ2n) is 3.94. The van der Waals surface area contributed by atoms with Gasteiger partial charge < -0.3 is 9.47 Å². The van der Waals surface area contributed by atoms with Crippen molar-refractivity contribution in [1.29, 1.82) is 0 Å². The van der Waals surface area contributed by atoms with Gasteiger partial charge in [0.05, 0.1) is 4.90 Å². The lowest BCUT2D eigenvalue weighted by Crippen LogP contribution is -2.20. The number of carbonyl (C=O) groups excluding carboxylic acids is 2. The third-order valence-electron chi connectivity index (χ3n) is 2.53. The predicted molar refractivity (Wildman–Crippen MR) is 70.8 cm³/mol. The van der Waals surface area contributed by atoms with E-state index in [1.807, 2.05) is 6.92 Å². The average Bonchev–Trinajstić information content (AvgIpc) is 2.43. The summed E-state index contributed by atoms with van der Waals surface area (Å²) < 4.78 is 32.8. The van der Waals surface area contributed by atoms with Crippen molar-refractivity contribution < 1.29 is 27.5 Å². The van der Waals surface area contributed by atoms with Crippen molar-refractivity contribution in [2.45, 2.75) is 18.2 Å². The minimum Gasteiger partial charge on any atom is -0.464 e. The molecule has 1 rings (SSSR count). The number of hydrogen-bond acceptors (Lipinski definition) is 6. The molecule has 110 valence electrons. The molecule has 0 radical (unpaired) electrons. The van der Waals surface area contributed by atoms with E-state index >= 15 is 0 Å². The molecule has 0 aliphatic heterocycles. The van der Waals surface area contributed by atoms with Gasteiger partial charge in [-0.1, -0.05) is 19.1 Å². The van der Waals surface area contributed by atoms with Gasteiger partial charge in [0.15, 0.2) is 15.6 Å². The lowest BCUT2D eigenvalue weighted by molar-refractivity contribution is -0.144. The van der Waals surface area contributed by atoms with E-state index in [2.05, 4.69) is 9.47 Å². The summed E-state index contributed by atoms with van der Waals surface area (Å²) in [7, 11) is -3.71. The SMILES string of the molecule is CCc1ccc(S(=O)(=O)CC(=O)OCCOC=O)cc1. The van der Waals surface area contributed by atoms with Gasteiger partial charge in [-0.2, -0.15) is 0 Å². The van der Waals surface area contributed by atoms with Crippen molar-refractivity contribution >= 4 is 22.3 Å². The van der Waals surface area contributed by atoms with Crippen LogP contribution in [0.5, 0.6) is 0 Å². The Hall–Kier alpha value is -1.89. The van der Waals surface area contributed by atoms with E-state index in [-0.39, 0.29) is 24.6 Å². The van der Waals surface area contributed by atoms with Crippen LogP contribution in [-0.2, 0) is 35.3 Å². The zero-order valence-electron chi connectivity index (χ0n) is 11.1. The standard InChI is InChI=1S/C13H16O6S/c1-2-11-3-5-12(6-4-11)20(16,17)9-13(15)19-8-7-18-10-14/h3-6,10H,2,7-9H2,1H3. The molecule has 1 aromatic carbocycles. The molecule has 0 saturated heterocycles. The van der Waals surface area contributed by atoms with Crippen molar-refractivity contribution in [1.82, 2.24) is 0 Å². The molecule has 0 N–H and O–H groups in total. The highest BCUT2D eigenvalue weighted by Gasteiger charge is 2.20. The first kappa shape index (κ1) is 16.2. The Bertz CT molecular complexity index is 547. The molecule has 0 fully saturated rings. The molecule has 0 aromatic heterocycles. The molecule has 0 bridgehead atoms. The molecule has 7 heteroatoms. The maximum Gasteiger partial charge on any atom is 0.321 e. The van der Waals surface area contributed by atoms with Gasteiger partial charge in [0.1, 0.15) is 13.2 Å². The van der Waals surface area contributed by atoms with Crippen LogP contribution in [0.15, 0.2) is 29.2 Å². The van der Waals surface area contributed by atoms with Crippen molar-refractivity contribution in [2.24, 2.45) is 0 Å². The molecule has 0 aliphatic rings. The van der Waals surface area contributed by atoms with Gasteiger partial charge in [-0.3, -0.25) is 9.59 Å². The van der Waals surface area contributed by atoms with Gasteiger partial charge in [-0.25, -0.2) is 8.42 Å². The van der Waals surface area contributed by atoms with Gasteiger partial charge in [-0.05, 0) is 24.1 Å². The molecule has 0 unspecified atom stereocenters. The van der Waals surface area contributed by atoms with Crippen LogP contribution in [-0.4, -0.2) is 39.8 Å². The highest BCUT2D eigenvalue weighted by molar-refractivity contribution is 7.92. The fourth-order valence-electron chi connectivity index (χ4n) is 1.46. The molecule has 0 amide bonds. The van der Waals surface area contributed by atoms with Gasteiger partial charge in [0.2, 0.25) is 0 Å². The van der Waals surface area contributed by atoms with E-state index in [9.17, 15) is 18.0 Å². The number of benzene rings is 1. The van der Waals surface area contributed by atoms with Gasteiger partial charge in [-0.15, -0.1) is 0 Å². The zero-order chi connectivity index (χ0) is 15.0. The number of sulfone groups is 1. The summed E-state index contributed by atoms with van der Waals surface area (Å²) in [6.07, 6.45) is 0.805. The lowest BCUT2D eigenvalue weighted by atomic mass is 10.2. The van der Waals surface area contributed by atoms with Crippen molar-refractivity contribution in [3.8, 4) is 0 Å². The van der Waals surface area contributed by atoms with E-state index in [1.54, 1.807) is 12.1 Å². The third kappa shape index (κ3) is 5.00. The van der Waals surface area contributed by atoms with Crippen LogP contribution in [0.25, 0.3) is 0 Å². The largest absolute Gasteiger partial charge is 0.464 e. The summed E-state index contributed by atoms with van der Waals surface area (Å²) in [4.78, 5) is 21.3. The van der Waals surface area contributed by atoms with E-state index in [4.69, 9.17) is 0 Å². The third-order valence-corrected chi connectivity index (χ3v) is 4.14. The lowest BCUT2D eigenvalue weighted by Gasteiger charge is -2.06. The van der Waals surface area contributed by atoms with E-state index in [1.165, 1.54) is 12.1 Å². The molecule has 0 saturated carbocycles. The Balaban J connectivity index is 2.59. The summed E-state index contributed by atoms with van der Waals surface area (Å²) in [5.41, 5.74) is 1.01. The monoisotopic (exact) mass is 300 g/mol. The van der Waals surface area contributed by atoms with Crippen LogP contribution in [0.4, 0.5) is 0 Å². The van der Waals surface area contributed by atoms with Crippen LogP contribution in [0.1, 0.15) is 12.5 Å². The molecular weight excluding hydrogens is 284 g/mol. The molecule has 1 aromatic rings. The Morgan fingerprint density at radius 1 is 1.20 bits per heavy atom. The van der Waals surface area contributed by atoms with Crippen LogP contribution in [0.3, 0.4) is 0 Å². The molecule has 0 spiro atoms. The number of rotatable bonds is 8. The maximum absolute atomic E-state index is 11.9. The van der Waals surface area contributed by atoms with Crippen molar-refractivity contribution in [2.75, 3.05) is 19.0 Å². The van der Waals surface area contributed by atoms with Crippen LogP contribution in [0, 0.1) is 0 Å². The normalized spacial score (nSPS) is 10.8.